The summed E-state index contributed by atoms with van der Waals surface area (Å²) in [6, 6.07) is 13.4. The molecule has 7 nitrogen and oxygen atoms in total. The number of Topliss-reactive ketones (excluding diaryl/α,β-unsaturated/α-hetero) is 1. The van der Waals surface area contributed by atoms with Crippen molar-refractivity contribution in [3.8, 4) is 11.3 Å². The summed E-state index contributed by atoms with van der Waals surface area (Å²) < 4.78 is 39.4. The van der Waals surface area contributed by atoms with Gasteiger partial charge in [-0.05, 0) is 55.4 Å². The van der Waals surface area contributed by atoms with Crippen molar-refractivity contribution in [2.75, 3.05) is 13.2 Å². The fourth-order valence-electron chi connectivity index (χ4n) is 9.78. The lowest BCUT2D eigenvalue weighted by Crippen LogP contribution is -2.71. The predicted molar refractivity (Wildman–Crippen MR) is 148 cm³/mol. The maximum absolute atomic E-state index is 17.6. The second-order valence-corrected chi connectivity index (χ2v) is 13.5. The molecule has 2 heterocycles. The number of ketones is 2. The van der Waals surface area contributed by atoms with Crippen molar-refractivity contribution in [1.82, 2.24) is 5.06 Å². The molecule has 2 aromatic rings. The van der Waals surface area contributed by atoms with E-state index in [0.29, 0.717) is 24.5 Å². The maximum Gasteiger partial charge on any atom is 0.192 e. The van der Waals surface area contributed by atoms with Crippen LogP contribution in [0.25, 0.3) is 11.3 Å². The van der Waals surface area contributed by atoms with Crippen molar-refractivity contribution < 1.29 is 37.8 Å². The molecular formula is C33H37F2NO6. The summed E-state index contributed by atoms with van der Waals surface area (Å²) in [5.74, 6) is -1.10. The number of furan rings is 1. The SMILES string of the molecule is C[C@]12CCC(=O)C=C1[C@@H](F)C[C@H]1[C@@H]3C[C@H]4CN(Cc5ccc(-c6ccccc6)o5)O[C@@]4(C(=O)CO)[C@@]3(C)C[C@H](O)[C@@]12F. The molecule has 0 amide bonds. The molecule has 1 aromatic heterocycles. The number of carbonyl (C=O) groups is 2. The molecule has 3 saturated carbocycles. The van der Waals surface area contributed by atoms with Crippen LogP contribution in [0, 0.1) is 28.6 Å². The Bertz CT molecular complexity index is 1460. The number of hydroxylamine groups is 2. The number of alkyl halides is 2. The van der Waals surface area contributed by atoms with Crippen LogP contribution in [-0.4, -0.2) is 63.5 Å². The summed E-state index contributed by atoms with van der Waals surface area (Å²) in [6.45, 7) is 3.33. The maximum atomic E-state index is 17.6. The summed E-state index contributed by atoms with van der Waals surface area (Å²) >= 11 is 0. The monoisotopic (exact) mass is 581 g/mol. The smallest absolute Gasteiger partial charge is 0.192 e. The van der Waals surface area contributed by atoms with E-state index in [2.05, 4.69) is 0 Å². The second kappa shape index (κ2) is 9.39. The van der Waals surface area contributed by atoms with Crippen molar-refractivity contribution in [1.29, 1.82) is 0 Å². The fraction of sp³-hybridized carbons (Fsp3) is 0.576. The topological polar surface area (TPSA) is 100 Å². The van der Waals surface area contributed by atoms with E-state index in [0.717, 1.165) is 5.56 Å². The molecule has 5 aliphatic rings. The van der Waals surface area contributed by atoms with Gasteiger partial charge in [-0.2, -0.15) is 5.06 Å². The minimum absolute atomic E-state index is 0.0760. The zero-order chi connectivity index (χ0) is 29.7. The Balaban J connectivity index is 1.22. The first-order valence-corrected chi connectivity index (χ1v) is 15.0. The second-order valence-electron chi connectivity index (χ2n) is 13.5. The first-order chi connectivity index (χ1) is 20.0. The number of benzene rings is 1. The molecular weight excluding hydrogens is 544 g/mol. The number of aliphatic hydroxyl groups excluding tert-OH is 2. The molecule has 42 heavy (non-hydrogen) atoms. The number of rotatable bonds is 5. The van der Waals surface area contributed by atoms with Crippen LogP contribution in [0.4, 0.5) is 8.78 Å². The number of aliphatic hydroxyl groups is 2. The van der Waals surface area contributed by atoms with E-state index in [4.69, 9.17) is 9.25 Å². The molecule has 0 radical (unpaired) electrons. The lowest BCUT2D eigenvalue weighted by Gasteiger charge is -2.64. The van der Waals surface area contributed by atoms with Gasteiger partial charge in [-0.25, -0.2) is 8.78 Å². The fourth-order valence-corrected chi connectivity index (χ4v) is 9.78. The van der Waals surface area contributed by atoms with Crippen molar-refractivity contribution in [2.45, 2.75) is 76.0 Å². The van der Waals surface area contributed by atoms with Gasteiger partial charge in [0, 0.05) is 41.2 Å². The van der Waals surface area contributed by atoms with Crippen molar-refractivity contribution >= 4 is 11.6 Å². The van der Waals surface area contributed by atoms with E-state index < -0.39 is 58.6 Å². The minimum atomic E-state index is -2.16. The largest absolute Gasteiger partial charge is 0.460 e. The lowest BCUT2D eigenvalue weighted by molar-refractivity contribution is -0.274. The third-order valence-corrected chi connectivity index (χ3v) is 11.7. The molecule has 224 valence electrons. The van der Waals surface area contributed by atoms with Crippen LogP contribution >= 0.6 is 0 Å². The van der Waals surface area contributed by atoms with Crippen LogP contribution in [0.5, 0.6) is 0 Å². The Morgan fingerprint density at radius 2 is 1.88 bits per heavy atom. The molecule has 4 aliphatic carbocycles. The van der Waals surface area contributed by atoms with E-state index in [1.807, 2.05) is 49.4 Å². The standard InChI is InChI=1S/C33H37F2NO6/c1-30-11-10-21(38)13-25(30)26(34)14-24-23-12-20-16-36(17-22-8-9-27(41-22)19-6-4-3-5-7-19)42-33(20,29(40)18-37)31(23,2)15-28(39)32(24,30)35/h3-9,13,20,23-24,26,28,37,39H,10-12,14-18H2,1-2H3/t20-,23-,24-,26-,28-,30-,31-,32-,33-/m0/s1. The quantitative estimate of drug-likeness (QED) is 0.525. The molecule has 0 spiro atoms. The molecule has 0 bridgehead atoms. The lowest BCUT2D eigenvalue weighted by atomic mass is 9.43. The summed E-state index contributed by atoms with van der Waals surface area (Å²) in [7, 11) is 0. The van der Waals surface area contributed by atoms with Gasteiger partial charge in [0.1, 0.15) is 30.0 Å². The minimum Gasteiger partial charge on any atom is -0.460 e. The number of hydrogen-bond donors (Lipinski definition) is 2. The first-order valence-electron chi connectivity index (χ1n) is 15.0. The molecule has 2 N–H and O–H groups in total. The van der Waals surface area contributed by atoms with Gasteiger partial charge in [-0.15, -0.1) is 0 Å². The Kier molecular flexibility index (Phi) is 6.28. The van der Waals surface area contributed by atoms with Crippen LogP contribution in [0.1, 0.15) is 51.7 Å². The zero-order valence-corrected chi connectivity index (χ0v) is 23.9. The number of halogens is 2. The predicted octanol–water partition coefficient (Wildman–Crippen LogP) is 4.76. The normalized spacial score (nSPS) is 42.9. The van der Waals surface area contributed by atoms with Crippen LogP contribution in [0.3, 0.4) is 0 Å². The molecule has 9 atom stereocenters. The van der Waals surface area contributed by atoms with Gasteiger partial charge in [-0.1, -0.05) is 44.2 Å². The van der Waals surface area contributed by atoms with Gasteiger partial charge in [0.25, 0.3) is 0 Å². The van der Waals surface area contributed by atoms with E-state index >= 15 is 8.78 Å². The number of nitrogens with zero attached hydrogens (tertiary/aromatic N) is 1. The van der Waals surface area contributed by atoms with Gasteiger partial charge in [-0.3, -0.25) is 14.4 Å². The third-order valence-electron chi connectivity index (χ3n) is 11.7. The van der Waals surface area contributed by atoms with Gasteiger partial charge >= 0.3 is 0 Å². The highest BCUT2D eigenvalue weighted by molar-refractivity contribution is 5.92. The van der Waals surface area contributed by atoms with Gasteiger partial charge < -0.3 is 14.6 Å². The molecule has 4 fully saturated rings. The summed E-state index contributed by atoms with van der Waals surface area (Å²) in [6.07, 6.45) is -1.37. The number of allylic oxidation sites excluding steroid dienone is 1. The van der Waals surface area contributed by atoms with Crippen LogP contribution < -0.4 is 0 Å². The van der Waals surface area contributed by atoms with Crippen molar-refractivity contribution in [2.24, 2.45) is 28.6 Å². The molecule has 0 unspecified atom stereocenters. The Morgan fingerprint density at radius 1 is 1.12 bits per heavy atom. The van der Waals surface area contributed by atoms with E-state index in [1.54, 1.807) is 12.0 Å². The summed E-state index contributed by atoms with van der Waals surface area (Å²) in [4.78, 5) is 32.4. The van der Waals surface area contributed by atoms with Crippen LogP contribution in [0.2, 0.25) is 0 Å². The van der Waals surface area contributed by atoms with Crippen molar-refractivity contribution in [3.05, 3.63) is 59.9 Å². The molecule has 1 saturated heterocycles. The highest BCUT2D eigenvalue weighted by Crippen LogP contribution is 2.73. The average Bonchev–Trinajstić information content (AvgIpc) is 3.65. The van der Waals surface area contributed by atoms with Crippen LogP contribution in [0.15, 0.2) is 58.5 Å². The summed E-state index contributed by atoms with van der Waals surface area (Å²) in [5.41, 5.74) is -4.94. The Hall–Kier alpha value is -2.72. The highest BCUT2D eigenvalue weighted by atomic mass is 19.1. The average molecular weight is 582 g/mol. The van der Waals surface area contributed by atoms with E-state index in [1.165, 1.54) is 6.08 Å². The van der Waals surface area contributed by atoms with Crippen LogP contribution in [-0.2, 0) is 21.0 Å². The Morgan fingerprint density at radius 3 is 2.62 bits per heavy atom. The number of carbonyl (C=O) groups excluding carboxylic acids is 2. The first kappa shape index (κ1) is 28.1. The van der Waals surface area contributed by atoms with Gasteiger partial charge in [0.05, 0.1) is 12.6 Å². The van der Waals surface area contributed by atoms with Gasteiger partial charge in [0.2, 0.25) is 0 Å². The number of fused-ring (bicyclic) bond motifs is 7. The molecule has 1 aliphatic heterocycles. The molecule has 7 rings (SSSR count). The molecule has 9 heteroatoms. The van der Waals surface area contributed by atoms with E-state index in [-0.39, 0.29) is 49.5 Å². The zero-order valence-electron chi connectivity index (χ0n) is 23.9. The summed E-state index contributed by atoms with van der Waals surface area (Å²) in [5, 5.41) is 23.5. The van der Waals surface area contributed by atoms with E-state index in [9.17, 15) is 19.8 Å². The Labute approximate surface area is 243 Å². The molecule has 1 aromatic carbocycles. The highest BCUT2D eigenvalue weighted by Gasteiger charge is 2.79. The number of hydrogen-bond acceptors (Lipinski definition) is 7. The van der Waals surface area contributed by atoms with Crippen molar-refractivity contribution in [3.63, 3.8) is 0 Å². The third kappa shape index (κ3) is 3.51. The van der Waals surface area contributed by atoms with Gasteiger partial charge in [0.15, 0.2) is 17.2 Å².